The van der Waals surface area contributed by atoms with Crippen molar-refractivity contribution in [3.63, 3.8) is 0 Å². The summed E-state index contributed by atoms with van der Waals surface area (Å²) in [5, 5.41) is 2.86. The molecule has 84 valence electrons. The van der Waals surface area contributed by atoms with E-state index >= 15 is 0 Å². The number of benzene rings is 1. The van der Waals surface area contributed by atoms with E-state index in [2.05, 4.69) is 24.1 Å². The summed E-state index contributed by atoms with van der Waals surface area (Å²) in [5.74, 6) is 0.443. The molecular weight excluding hydrogens is 202 g/mol. The number of para-hydroxylation sites is 2. The number of fused-ring (bicyclic) bond motifs is 1. The number of nitrogens with one attached hydrogen (secondary N) is 1. The fourth-order valence-electron chi connectivity index (χ4n) is 1.50. The summed E-state index contributed by atoms with van der Waals surface area (Å²) in [7, 11) is 0. The van der Waals surface area contributed by atoms with Crippen LogP contribution in [0.4, 0.5) is 4.79 Å². The largest absolute Gasteiger partial charge is 0.337 e. The van der Waals surface area contributed by atoms with Gasteiger partial charge in [-0.3, -0.25) is 4.57 Å². The summed E-state index contributed by atoms with van der Waals surface area (Å²) in [4.78, 5) is 16.0. The molecule has 0 spiro atoms. The van der Waals surface area contributed by atoms with Gasteiger partial charge in [0.1, 0.15) is 6.33 Å². The van der Waals surface area contributed by atoms with E-state index in [1.54, 1.807) is 6.33 Å². The molecule has 1 heterocycles. The zero-order chi connectivity index (χ0) is 11.5. The Morgan fingerprint density at radius 2 is 2.19 bits per heavy atom. The lowest BCUT2D eigenvalue weighted by atomic mass is 10.2. The summed E-state index contributed by atoms with van der Waals surface area (Å²) in [6.07, 6.45) is 1.56. The van der Waals surface area contributed by atoms with E-state index in [0.717, 1.165) is 11.0 Å². The number of aromatic nitrogens is 2. The van der Waals surface area contributed by atoms with Gasteiger partial charge in [0.2, 0.25) is 0 Å². The summed E-state index contributed by atoms with van der Waals surface area (Å²) in [6, 6.07) is 7.46. The average Bonchev–Trinajstić information content (AvgIpc) is 2.69. The van der Waals surface area contributed by atoms with E-state index < -0.39 is 0 Å². The normalized spacial score (nSPS) is 10.9. The van der Waals surface area contributed by atoms with Crippen LogP contribution in [0.1, 0.15) is 13.8 Å². The van der Waals surface area contributed by atoms with E-state index in [4.69, 9.17) is 0 Å². The number of carbonyl (C=O) groups excluding carboxylic acids is 1. The molecule has 0 saturated carbocycles. The quantitative estimate of drug-likeness (QED) is 0.838. The highest BCUT2D eigenvalue weighted by molar-refractivity contribution is 5.88. The highest BCUT2D eigenvalue weighted by Gasteiger charge is 2.08. The third-order valence-electron chi connectivity index (χ3n) is 2.33. The van der Waals surface area contributed by atoms with Crippen molar-refractivity contribution in [3.8, 4) is 0 Å². The van der Waals surface area contributed by atoms with Gasteiger partial charge in [-0.1, -0.05) is 26.0 Å². The summed E-state index contributed by atoms with van der Waals surface area (Å²) >= 11 is 0. The Morgan fingerprint density at radius 1 is 1.44 bits per heavy atom. The Bertz CT molecular complexity index is 502. The fourth-order valence-corrected chi connectivity index (χ4v) is 1.50. The maximum absolute atomic E-state index is 11.8. The molecule has 4 nitrogen and oxygen atoms in total. The first-order valence-corrected chi connectivity index (χ1v) is 5.39. The van der Waals surface area contributed by atoms with E-state index in [-0.39, 0.29) is 6.03 Å². The van der Waals surface area contributed by atoms with Gasteiger partial charge in [-0.05, 0) is 18.1 Å². The lowest BCUT2D eigenvalue weighted by molar-refractivity contribution is 0.242. The Labute approximate surface area is 94.3 Å². The molecule has 0 fully saturated rings. The van der Waals surface area contributed by atoms with Crippen LogP contribution in [0, 0.1) is 5.92 Å². The highest BCUT2D eigenvalue weighted by atomic mass is 16.2. The summed E-state index contributed by atoms with van der Waals surface area (Å²) in [5.41, 5.74) is 1.67. The van der Waals surface area contributed by atoms with Gasteiger partial charge in [0, 0.05) is 6.54 Å². The molecule has 0 radical (unpaired) electrons. The van der Waals surface area contributed by atoms with E-state index in [0.29, 0.717) is 12.5 Å². The van der Waals surface area contributed by atoms with Gasteiger partial charge < -0.3 is 5.32 Å². The molecule has 0 unspecified atom stereocenters. The second-order valence-electron chi connectivity index (χ2n) is 4.18. The number of carbonyl (C=O) groups is 1. The minimum Gasteiger partial charge on any atom is -0.337 e. The molecule has 2 rings (SSSR count). The third-order valence-corrected chi connectivity index (χ3v) is 2.33. The number of nitrogens with zero attached hydrogens (tertiary/aromatic N) is 2. The van der Waals surface area contributed by atoms with E-state index in [1.165, 1.54) is 4.57 Å². The smallest absolute Gasteiger partial charge is 0.327 e. The van der Waals surface area contributed by atoms with Gasteiger partial charge in [0.25, 0.3) is 0 Å². The van der Waals surface area contributed by atoms with Crippen molar-refractivity contribution in [2.24, 2.45) is 5.92 Å². The third kappa shape index (κ3) is 2.05. The molecular formula is C12H15N3O. The minimum atomic E-state index is -0.123. The van der Waals surface area contributed by atoms with Crippen LogP contribution in [-0.2, 0) is 0 Å². The molecule has 0 aliphatic heterocycles. The molecule has 1 aromatic carbocycles. The van der Waals surface area contributed by atoms with Crippen LogP contribution in [0.3, 0.4) is 0 Å². The minimum absolute atomic E-state index is 0.123. The molecule has 2 aromatic rings. The molecule has 0 aliphatic rings. The molecule has 4 heteroatoms. The first-order valence-electron chi connectivity index (χ1n) is 5.39. The first kappa shape index (κ1) is 10.7. The molecule has 0 atom stereocenters. The zero-order valence-electron chi connectivity index (χ0n) is 9.47. The lowest BCUT2D eigenvalue weighted by Gasteiger charge is -2.08. The maximum atomic E-state index is 11.8. The second kappa shape index (κ2) is 4.35. The Morgan fingerprint density at radius 3 is 2.94 bits per heavy atom. The van der Waals surface area contributed by atoms with Gasteiger partial charge in [-0.25, -0.2) is 9.78 Å². The second-order valence-corrected chi connectivity index (χ2v) is 4.18. The van der Waals surface area contributed by atoms with Crippen LogP contribution in [0.15, 0.2) is 30.6 Å². The summed E-state index contributed by atoms with van der Waals surface area (Å²) < 4.78 is 1.54. The van der Waals surface area contributed by atoms with Crippen LogP contribution in [-0.4, -0.2) is 22.1 Å². The van der Waals surface area contributed by atoms with Crippen LogP contribution in [0.2, 0.25) is 0 Å². The summed E-state index contributed by atoms with van der Waals surface area (Å²) in [6.45, 7) is 4.80. The SMILES string of the molecule is CC(C)CNC(=O)n1cnc2ccccc21. The van der Waals surface area contributed by atoms with Gasteiger partial charge >= 0.3 is 6.03 Å². The Balaban J connectivity index is 2.23. The Kier molecular flexibility index (Phi) is 2.90. The highest BCUT2D eigenvalue weighted by Crippen LogP contribution is 2.11. The topological polar surface area (TPSA) is 46.9 Å². The van der Waals surface area contributed by atoms with Crippen molar-refractivity contribution in [2.45, 2.75) is 13.8 Å². The number of hydrogen-bond acceptors (Lipinski definition) is 2. The van der Waals surface area contributed by atoms with Crippen LogP contribution in [0.25, 0.3) is 11.0 Å². The van der Waals surface area contributed by atoms with Crippen molar-refractivity contribution in [1.82, 2.24) is 14.9 Å². The predicted octanol–water partition coefficient (Wildman–Crippen LogP) is 2.25. The van der Waals surface area contributed by atoms with Crippen LogP contribution >= 0.6 is 0 Å². The van der Waals surface area contributed by atoms with Crippen molar-refractivity contribution >= 4 is 17.1 Å². The van der Waals surface area contributed by atoms with Crippen LogP contribution in [0.5, 0.6) is 0 Å². The van der Waals surface area contributed by atoms with E-state index in [9.17, 15) is 4.79 Å². The van der Waals surface area contributed by atoms with Crippen molar-refractivity contribution < 1.29 is 4.79 Å². The monoisotopic (exact) mass is 217 g/mol. The zero-order valence-corrected chi connectivity index (χ0v) is 9.47. The van der Waals surface area contributed by atoms with Crippen molar-refractivity contribution in [2.75, 3.05) is 6.54 Å². The molecule has 0 saturated heterocycles. The lowest BCUT2D eigenvalue weighted by Crippen LogP contribution is -2.31. The van der Waals surface area contributed by atoms with E-state index in [1.807, 2.05) is 24.3 Å². The predicted molar refractivity (Wildman–Crippen MR) is 63.4 cm³/mol. The Hall–Kier alpha value is -1.84. The first-order chi connectivity index (χ1) is 7.68. The molecule has 16 heavy (non-hydrogen) atoms. The van der Waals surface area contributed by atoms with Gasteiger partial charge in [-0.2, -0.15) is 0 Å². The van der Waals surface area contributed by atoms with Gasteiger partial charge in [-0.15, -0.1) is 0 Å². The molecule has 0 bridgehead atoms. The average molecular weight is 217 g/mol. The van der Waals surface area contributed by atoms with Crippen molar-refractivity contribution in [1.29, 1.82) is 0 Å². The molecule has 1 aromatic heterocycles. The van der Waals surface area contributed by atoms with Crippen molar-refractivity contribution in [3.05, 3.63) is 30.6 Å². The van der Waals surface area contributed by atoms with Gasteiger partial charge in [0.05, 0.1) is 11.0 Å². The number of rotatable bonds is 2. The molecule has 1 amide bonds. The number of imidazole rings is 1. The number of amides is 1. The molecule has 1 N–H and O–H groups in total. The number of hydrogen-bond donors (Lipinski definition) is 1. The standard InChI is InChI=1S/C12H15N3O/c1-9(2)7-13-12(16)15-8-14-10-5-3-4-6-11(10)15/h3-6,8-9H,7H2,1-2H3,(H,13,16). The fraction of sp³-hybridized carbons (Fsp3) is 0.333. The van der Waals surface area contributed by atoms with Gasteiger partial charge in [0.15, 0.2) is 0 Å². The van der Waals surface area contributed by atoms with Crippen LogP contribution < -0.4 is 5.32 Å². The molecule has 0 aliphatic carbocycles. The maximum Gasteiger partial charge on any atom is 0.327 e.